The molecule has 0 aliphatic rings. The largest absolute Gasteiger partial charge is 0.288 e. The summed E-state index contributed by atoms with van der Waals surface area (Å²) in [6.45, 7) is 1.39. The van der Waals surface area contributed by atoms with Crippen molar-refractivity contribution >= 4 is 17.4 Å². The number of hydrogen-bond donors (Lipinski definition) is 0. The smallest absolute Gasteiger partial charge is 0.197 e. The van der Waals surface area contributed by atoms with E-state index in [9.17, 15) is 18.0 Å². The summed E-state index contributed by atoms with van der Waals surface area (Å²) in [5.74, 6) is -3.71. The number of aryl methyl sites for hydroxylation is 1. The van der Waals surface area contributed by atoms with Crippen LogP contribution in [0.2, 0.25) is 5.02 Å². The lowest BCUT2D eigenvalue weighted by Gasteiger charge is -2.07. The zero-order chi connectivity index (χ0) is 14.2. The van der Waals surface area contributed by atoms with Gasteiger partial charge in [0.05, 0.1) is 10.6 Å². The second kappa shape index (κ2) is 5.05. The zero-order valence-electron chi connectivity index (χ0n) is 9.81. The van der Waals surface area contributed by atoms with Crippen molar-refractivity contribution in [2.75, 3.05) is 0 Å². The van der Waals surface area contributed by atoms with Gasteiger partial charge in [0.1, 0.15) is 5.82 Å². The number of benzene rings is 2. The molecule has 5 heteroatoms. The molecule has 0 radical (unpaired) electrons. The highest BCUT2D eigenvalue weighted by molar-refractivity contribution is 6.35. The molecule has 0 unspecified atom stereocenters. The summed E-state index contributed by atoms with van der Waals surface area (Å²) in [4.78, 5) is 12.0. The first-order valence-electron chi connectivity index (χ1n) is 5.36. The second-order valence-electron chi connectivity index (χ2n) is 4.01. The lowest BCUT2D eigenvalue weighted by atomic mass is 10.0. The molecule has 0 atom stereocenters. The summed E-state index contributed by atoms with van der Waals surface area (Å²) in [6, 6.07) is 5.58. The van der Waals surface area contributed by atoms with Crippen molar-refractivity contribution in [1.29, 1.82) is 0 Å². The van der Waals surface area contributed by atoms with Crippen LogP contribution in [0.4, 0.5) is 13.2 Å². The third-order valence-electron chi connectivity index (χ3n) is 2.70. The fraction of sp³-hybridized carbons (Fsp3) is 0.0714. The third-order valence-corrected chi connectivity index (χ3v) is 3.01. The predicted octanol–water partition coefficient (Wildman–Crippen LogP) is 4.30. The standard InChI is InChI=1S/C14H8ClF3O/c1-7-2-4-10(13(18)12(7)17)14(19)9-5-3-8(16)6-11(9)15/h2-6H,1H3. The molecule has 2 aromatic carbocycles. The Labute approximate surface area is 112 Å². The Kier molecular flexibility index (Phi) is 3.62. The van der Waals surface area contributed by atoms with Crippen LogP contribution < -0.4 is 0 Å². The maximum Gasteiger partial charge on any atom is 0.197 e. The highest BCUT2D eigenvalue weighted by Crippen LogP contribution is 2.23. The van der Waals surface area contributed by atoms with Gasteiger partial charge in [0.15, 0.2) is 17.4 Å². The first-order chi connectivity index (χ1) is 8.91. The van der Waals surface area contributed by atoms with E-state index in [1.54, 1.807) is 0 Å². The molecule has 0 saturated heterocycles. The fourth-order valence-corrected chi connectivity index (χ4v) is 1.89. The van der Waals surface area contributed by atoms with Gasteiger partial charge >= 0.3 is 0 Å². The van der Waals surface area contributed by atoms with Gasteiger partial charge in [0.2, 0.25) is 0 Å². The number of ketones is 1. The van der Waals surface area contributed by atoms with Crippen LogP contribution in [-0.2, 0) is 0 Å². The lowest BCUT2D eigenvalue weighted by molar-refractivity contribution is 0.103. The normalized spacial score (nSPS) is 10.6. The van der Waals surface area contributed by atoms with Crippen LogP contribution in [0.5, 0.6) is 0 Å². The first-order valence-corrected chi connectivity index (χ1v) is 5.74. The van der Waals surface area contributed by atoms with Gasteiger partial charge in [-0.15, -0.1) is 0 Å². The average Bonchev–Trinajstić information content (AvgIpc) is 2.35. The Bertz CT molecular complexity index is 668. The highest BCUT2D eigenvalue weighted by Gasteiger charge is 2.20. The van der Waals surface area contributed by atoms with Gasteiger partial charge in [-0.1, -0.05) is 17.7 Å². The number of carbonyl (C=O) groups excluding carboxylic acids is 1. The molecule has 0 bridgehead atoms. The fourth-order valence-electron chi connectivity index (χ4n) is 1.64. The van der Waals surface area contributed by atoms with Crippen molar-refractivity contribution in [2.45, 2.75) is 6.92 Å². The molecule has 19 heavy (non-hydrogen) atoms. The van der Waals surface area contributed by atoms with E-state index in [-0.39, 0.29) is 16.1 Å². The van der Waals surface area contributed by atoms with Crippen LogP contribution in [0.3, 0.4) is 0 Å². The number of halogens is 4. The second-order valence-corrected chi connectivity index (χ2v) is 4.42. The molecule has 0 amide bonds. The van der Waals surface area contributed by atoms with E-state index in [1.165, 1.54) is 19.1 Å². The van der Waals surface area contributed by atoms with Crippen molar-refractivity contribution in [1.82, 2.24) is 0 Å². The van der Waals surface area contributed by atoms with Crippen molar-refractivity contribution < 1.29 is 18.0 Å². The van der Waals surface area contributed by atoms with Crippen LogP contribution in [0.15, 0.2) is 30.3 Å². The maximum atomic E-state index is 13.7. The molecule has 2 rings (SSSR count). The van der Waals surface area contributed by atoms with Gasteiger partial charge in [-0.25, -0.2) is 13.2 Å². The summed E-state index contributed by atoms with van der Waals surface area (Å²) in [5.41, 5.74) is -0.416. The zero-order valence-corrected chi connectivity index (χ0v) is 10.6. The molecule has 0 saturated carbocycles. The Balaban J connectivity index is 2.53. The van der Waals surface area contributed by atoms with Crippen LogP contribution in [0, 0.1) is 24.4 Å². The number of hydrogen-bond acceptors (Lipinski definition) is 1. The van der Waals surface area contributed by atoms with Crippen LogP contribution in [-0.4, -0.2) is 5.78 Å². The summed E-state index contributed by atoms with van der Waals surface area (Å²) in [5, 5.41) is -0.148. The van der Waals surface area contributed by atoms with E-state index >= 15 is 0 Å². The Morgan fingerprint density at radius 2 is 1.63 bits per heavy atom. The molecule has 0 fully saturated rings. The summed E-state index contributed by atoms with van der Waals surface area (Å²) < 4.78 is 40.0. The van der Waals surface area contributed by atoms with Gasteiger partial charge < -0.3 is 0 Å². The molecule has 0 aromatic heterocycles. The molecule has 0 aliphatic carbocycles. The number of rotatable bonds is 2. The maximum absolute atomic E-state index is 13.7. The molecular formula is C14H8ClF3O. The summed E-state index contributed by atoms with van der Waals surface area (Å²) in [7, 11) is 0. The molecule has 2 aromatic rings. The van der Waals surface area contributed by atoms with Crippen LogP contribution >= 0.6 is 11.6 Å². The molecule has 0 heterocycles. The first kappa shape index (κ1) is 13.6. The van der Waals surface area contributed by atoms with E-state index in [0.717, 1.165) is 18.2 Å². The quantitative estimate of drug-likeness (QED) is 0.752. The molecule has 0 N–H and O–H groups in total. The Morgan fingerprint density at radius 1 is 1.00 bits per heavy atom. The highest BCUT2D eigenvalue weighted by atomic mass is 35.5. The van der Waals surface area contributed by atoms with Crippen LogP contribution in [0.25, 0.3) is 0 Å². The molecule has 0 spiro atoms. The third kappa shape index (κ3) is 2.49. The average molecular weight is 285 g/mol. The SMILES string of the molecule is Cc1ccc(C(=O)c2ccc(F)cc2Cl)c(F)c1F. The monoisotopic (exact) mass is 284 g/mol. The Hall–Kier alpha value is -1.81. The van der Waals surface area contributed by atoms with E-state index in [0.29, 0.717) is 0 Å². The van der Waals surface area contributed by atoms with Crippen molar-refractivity contribution in [2.24, 2.45) is 0 Å². The predicted molar refractivity (Wildman–Crippen MR) is 65.9 cm³/mol. The lowest BCUT2D eigenvalue weighted by Crippen LogP contribution is -2.07. The number of carbonyl (C=O) groups is 1. The molecule has 0 aliphatic heterocycles. The molecular weight excluding hydrogens is 277 g/mol. The van der Waals surface area contributed by atoms with E-state index in [1.807, 2.05) is 0 Å². The van der Waals surface area contributed by atoms with Crippen molar-refractivity contribution in [3.8, 4) is 0 Å². The van der Waals surface area contributed by atoms with Gasteiger partial charge in [-0.05, 0) is 36.8 Å². The van der Waals surface area contributed by atoms with Crippen molar-refractivity contribution in [3.05, 3.63) is 69.5 Å². The summed E-state index contributed by atoms with van der Waals surface area (Å²) >= 11 is 5.72. The minimum atomic E-state index is -1.23. The van der Waals surface area contributed by atoms with E-state index < -0.39 is 28.8 Å². The van der Waals surface area contributed by atoms with Crippen molar-refractivity contribution in [3.63, 3.8) is 0 Å². The van der Waals surface area contributed by atoms with E-state index in [2.05, 4.69) is 0 Å². The van der Waals surface area contributed by atoms with Gasteiger partial charge in [-0.2, -0.15) is 0 Å². The topological polar surface area (TPSA) is 17.1 Å². The molecule has 98 valence electrons. The van der Waals surface area contributed by atoms with Crippen LogP contribution in [0.1, 0.15) is 21.5 Å². The minimum absolute atomic E-state index is 0.0785. The van der Waals surface area contributed by atoms with Gasteiger partial charge in [0.25, 0.3) is 0 Å². The van der Waals surface area contributed by atoms with Gasteiger partial charge in [-0.3, -0.25) is 4.79 Å². The Morgan fingerprint density at radius 3 is 2.26 bits per heavy atom. The van der Waals surface area contributed by atoms with Gasteiger partial charge in [0, 0.05) is 5.56 Å². The summed E-state index contributed by atoms with van der Waals surface area (Å²) in [6.07, 6.45) is 0. The minimum Gasteiger partial charge on any atom is -0.288 e. The molecule has 1 nitrogen and oxygen atoms in total. The van der Waals surface area contributed by atoms with E-state index in [4.69, 9.17) is 11.6 Å².